The number of aliphatic hydroxyl groups is 1. The molecule has 0 amide bonds. The van der Waals surface area contributed by atoms with Crippen molar-refractivity contribution in [3.05, 3.63) is 48.6 Å². The predicted molar refractivity (Wildman–Crippen MR) is 223 cm³/mol. The minimum absolute atomic E-state index is 0.0477. The molecule has 0 fully saturated rings. The quantitative estimate of drug-likeness (QED) is 0.0213. The number of likely N-dealkylation sites (N-methyl/N-ethyl adjacent to an activating group) is 1. The van der Waals surface area contributed by atoms with Crippen molar-refractivity contribution in [2.45, 2.75) is 174 Å². The molecular formula is C44H80NO9P. The van der Waals surface area contributed by atoms with Gasteiger partial charge < -0.3 is 33.0 Å². The van der Waals surface area contributed by atoms with E-state index in [4.69, 9.17) is 18.5 Å². The molecule has 0 heterocycles. The molecule has 55 heavy (non-hydrogen) atoms. The molecule has 320 valence electrons. The van der Waals surface area contributed by atoms with E-state index in [1.54, 1.807) is 0 Å². The topological polar surface area (TPSA) is 131 Å². The molecule has 0 aliphatic heterocycles. The van der Waals surface area contributed by atoms with Crippen LogP contribution in [0.15, 0.2) is 48.6 Å². The van der Waals surface area contributed by atoms with Crippen molar-refractivity contribution in [2.75, 3.05) is 47.5 Å². The fourth-order valence-electron chi connectivity index (χ4n) is 5.45. The Labute approximate surface area is 336 Å². The van der Waals surface area contributed by atoms with E-state index in [1.165, 1.54) is 64.2 Å². The predicted octanol–water partition coefficient (Wildman–Crippen LogP) is 10.2. The van der Waals surface area contributed by atoms with E-state index >= 15 is 0 Å². The Hall–Kier alpha value is -2.07. The van der Waals surface area contributed by atoms with Crippen molar-refractivity contribution in [3.8, 4) is 0 Å². The second-order valence-electron chi connectivity index (χ2n) is 15.5. The van der Waals surface area contributed by atoms with E-state index < -0.39 is 32.5 Å². The molecule has 0 saturated carbocycles. The normalized spacial score (nSPS) is 14.7. The van der Waals surface area contributed by atoms with Crippen molar-refractivity contribution in [1.82, 2.24) is 0 Å². The highest BCUT2D eigenvalue weighted by Crippen LogP contribution is 2.38. The molecule has 0 aliphatic rings. The van der Waals surface area contributed by atoms with Gasteiger partial charge >= 0.3 is 11.9 Å². The number of unbranched alkanes of at least 4 members (excludes halogenated alkanes) is 13. The second-order valence-corrected chi connectivity index (χ2v) is 16.9. The van der Waals surface area contributed by atoms with Gasteiger partial charge in [0.05, 0.1) is 33.9 Å². The summed E-state index contributed by atoms with van der Waals surface area (Å²) in [6.45, 7) is 3.86. The minimum atomic E-state index is -4.64. The van der Waals surface area contributed by atoms with Crippen LogP contribution in [0.3, 0.4) is 0 Å². The first-order chi connectivity index (χ1) is 26.4. The molecule has 3 atom stereocenters. The summed E-state index contributed by atoms with van der Waals surface area (Å²) >= 11 is 0. The zero-order chi connectivity index (χ0) is 40.9. The number of ether oxygens (including phenoxy) is 2. The number of quaternary nitrogens is 1. The number of esters is 2. The number of carbonyl (C=O) groups excluding carboxylic acids is 2. The molecule has 0 aromatic rings. The summed E-state index contributed by atoms with van der Waals surface area (Å²) in [6, 6.07) is 0. The molecule has 0 radical (unpaired) electrons. The lowest BCUT2D eigenvalue weighted by Gasteiger charge is -2.28. The third-order valence-corrected chi connectivity index (χ3v) is 9.98. The summed E-state index contributed by atoms with van der Waals surface area (Å²) in [5.74, 6) is -0.919. The highest BCUT2D eigenvalue weighted by molar-refractivity contribution is 7.45. The van der Waals surface area contributed by atoms with E-state index in [1.807, 2.05) is 34.1 Å². The molecule has 3 unspecified atom stereocenters. The monoisotopic (exact) mass is 798 g/mol. The van der Waals surface area contributed by atoms with Crippen LogP contribution < -0.4 is 4.89 Å². The number of phosphoric ester groups is 1. The van der Waals surface area contributed by atoms with E-state index in [0.29, 0.717) is 23.9 Å². The zero-order valence-corrected chi connectivity index (χ0v) is 36.4. The third-order valence-electron chi connectivity index (χ3n) is 9.02. The molecular weight excluding hydrogens is 717 g/mol. The number of aliphatic hydroxyl groups excluding tert-OH is 1. The Kier molecular flexibility index (Phi) is 34.9. The van der Waals surface area contributed by atoms with E-state index in [0.717, 1.165) is 57.8 Å². The molecule has 10 nitrogen and oxygen atoms in total. The first kappa shape index (κ1) is 52.9. The van der Waals surface area contributed by atoms with Gasteiger partial charge in [0.25, 0.3) is 7.82 Å². The van der Waals surface area contributed by atoms with Crippen LogP contribution in [-0.4, -0.2) is 81.2 Å². The Morgan fingerprint density at radius 1 is 0.655 bits per heavy atom. The fraction of sp³-hybridized carbons (Fsp3) is 0.773. The van der Waals surface area contributed by atoms with Gasteiger partial charge in [0.1, 0.15) is 19.8 Å². The van der Waals surface area contributed by atoms with Gasteiger partial charge in [-0.05, 0) is 57.8 Å². The molecule has 0 aromatic carbocycles. The maximum absolute atomic E-state index is 12.6. The fourth-order valence-corrected chi connectivity index (χ4v) is 6.18. The second kappa shape index (κ2) is 36.3. The number of rotatable bonds is 38. The van der Waals surface area contributed by atoms with E-state index in [-0.39, 0.29) is 32.2 Å². The van der Waals surface area contributed by atoms with Gasteiger partial charge in [-0.25, -0.2) is 0 Å². The van der Waals surface area contributed by atoms with Crippen molar-refractivity contribution < 1.29 is 47.2 Å². The number of nitrogens with zero attached hydrogens (tertiary/aromatic N) is 1. The lowest BCUT2D eigenvalue weighted by molar-refractivity contribution is -0.870. The lowest BCUT2D eigenvalue weighted by Crippen LogP contribution is -2.37. The van der Waals surface area contributed by atoms with Crippen molar-refractivity contribution in [3.63, 3.8) is 0 Å². The van der Waals surface area contributed by atoms with Crippen molar-refractivity contribution in [1.29, 1.82) is 0 Å². The number of carbonyl (C=O) groups is 2. The summed E-state index contributed by atoms with van der Waals surface area (Å²) in [5.41, 5.74) is 0. The third kappa shape index (κ3) is 39.9. The Balaban J connectivity index is 4.49. The van der Waals surface area contributed by atoms with E-state index in [9.17, 15) is 24.2 Å². The molecule has 1 N–H and O–H groups in total. The van der Waals surface area contributed by atoms with Crippen LogP contribution >= 0.6 is 7.82 Å². The van der Waals surface area contributed by atoms with Gasteiger partial charge in [-0.3, -0.25) is 14.2 Å². The number of hydrogen-bond acceptors (Lipinski definition) is 9. The minimum Gasteiger partial charge on any atom is -0.756 e. The van der Waals surface area contributed by atoms with Crippen LogP contribution in [-0.2, 0) is 32.7 Å². The van der Waals surface area contributed by atoms with Gasteiger partial charge in [0.15, 0.2) is 6.10 Å². The zero-order valence-electron chi connectivity index (χ0n) is 35.5. The van der Waals surface area contributed by atoms with Crippen LogP contribution in [0, 0.1) is 0 Å². The number of hydrogen-bond donors (Lipinski definition) is 1. The van der Waals surface area contributed by atoms with Gasteiger partial charge in [-0.2, -0.15) is 0 Å². The maximum atomic E-state index is 12.6. The standard InChI is InChI=1S/C44H80NO9P/c1-6-8-9-10-11-12-13-16-20-23-26-29-32-35-43(47)51-39-42(40-53-55(49,50)52-38-37-45(3,4)5)54-44(48)36-33-30-27-24-21-18-15-14-17-19-22-25-28-31-34-41(46)7-2/h15,17-19,24-25,27-28,41-42,46H,6-14,16,20-23,26,29-40H2,1-5H3/b18-15-,19-17-,27-24-,28-25-. The van der Waals surface area contributed by atoms with Gasteiger partial charge in [0, 0.05) is 12.8 Å². The maximum Gasteiger partial charge on any atom is 0.306 e. The van der Waals surface area contributed by atoms with Gasteiger partial charge in [0.2, 0.25) is 0 Å². The molecule has 0 spiro atoms. The SMILES string of the molecule is CCCCCCCCCCCCCCCC(=O)OCC(COP(=O)([O-])OCC[N+](C)(C)C)OC(=O)CCC/C=C\C/C=C\C/C=C\C/C=C\CCC(O)CC. The Morgan fingerprint density at radius 2 is 1.15 bits per heavy atom. The van der Waals surface area contributed by atoms with Crippen LogP contribution in [0.2, 0.25) is 0 Å². The summed E-state index contributed by atoms with van der Waals surface area (Å²) in [4.78, 5) is 37.4. The first-order valence-electron chi connectivity index (χ1n) is 21.4. The average Bonchev–Trinajstić information content (AvgIpc) is 3.13. The molecule has 0 bridgehead atoms. The smallest absolute Gasteiger partial charge is 0.306 e. The largest absolute Gasteiger partial charge is 0.756 e. The number of phosphoric acid groups is 1. The van der Waals surface area contributed by atoms with E-state index in [2.05, 4.69) is 49.5 Å². The summed E-state index contributed by atoms with van der Waals surface area (Å²) in [5, 5.41) is 9.56. The van der Waals surface area contributed by atoms with Crippen molar-refractivity contribution >= 4 is 19.8 Å². The number of allylic oxidation sites excluding steroid dienone is 8. The van der Waals surface area contributed by atoms with Crippen LogP contribution in [0.25, 0.3) is 0 Å². The van der Waals surface area contributed by atoms with Crippen LogP contribution in [0.4, 0.5) is 0 Å². The highest BCUT2D eigenvalue weighted by Gasteiger charge is 2.21. The van der Waals surface area contributed by atoms with Gasteiger partial charge in [-0.1, -0.05) is 140 Å². The molecule has 0 aliphatic carbocycles. The molecule has 11 heteroatoms. The highest BCUT2D eigenvalue weighted by atomic mass is 31.2. The first-order valence-corrected chi connectivity index (χ1v) is 22.9. The van der Waals surface area contributed by atoms with Crippen LogP contribution in [0.1, 0.15) is 162 Å². The molecule has 0 saturated heterocycles. The lowest BCUT2D eigenvalue weighted by atomic mass is 10.0. The average molecular weight is 798 g/mol. The summed E-state index contributed by atoms with van der Waals surface area (Å²) in [7, 11) is 1.11. The summed E-state index contributed by atoms with van der Waals surface area (Å²) < 4.78 is 33.8. The Morgan fingerprint density at radius 3 is 1.67 bits per heavy atom. The van der Waals surface area contributed by atoms with Crippen LogP contribution in [0.5, 0.6) is 0 Å². The molecule has 0 rings (SSSR count). The van der Waals surface area contributed by atoms with Gasteiger partial charge in [-0.15, -0.1) is 0 Å². The molecule has 0 aromatic heterocycles. The summed E-state index contributed by atoms with van der Waals surface area (Å²) in [6.07, 6.45) is 38.0. The van der Waals surface area contributed by atoms with Crippen molar-refractivity contribution in [2.24, 2.45) is 0 Å². The Bertz CT molecular complexity index is 1100.